The molecular formula is C21H28N2O. The molecule has 3 nitrogen and oxygen atoms in total. The number of hydrogen-bond acceptors (Lipinski definition) is 2. The molecule has 3 heteroatoms. The van der Waals surface area contributed by atoms with Gasteiger partial charge in [0.15, 0.2) is 0 Å². The van der Waals surface area contributed by atoms with Gasteiger partial charge in [0.1, 0.15) is 0 Å². The summed E-state index contributed by atoms with van der Waals surface area (Å²) < 4.78 is 0. The van der Waals surface area contributed by atoms with Gasteiger partial charge in [-0.2, -0.15) is 0 Å². The van der Waals surface area contributed by atoms with Gasteiger partial charge in [0.25, 0.3) is 0 Å². The molecular weight excluding hydrogens is 296 g/mol. The van der Waals surface area contributed by atoms with E-state index in [1.165, 1.54) is 0 Å². The van der Waals surface area contributed by atoms with Crippen LogP contribution in [0.2, 0.25) is 0 Å². The number of benzene rings is 1. The number of carbonyl (C=O) groups is 1. The Balaban J connectivity index is 1.93. The molecule has 0 atom stereocenters. The van der Waals surface area contributed by atoms with Crippen molar-refractivity contribution in [2.45, 2.75) is 32.7 Å². The second-order valence-electron chi connectivity index (χ2n) is 6.58. The lowest BCUT2D eigenvalue weighted by atomic mass is 9.94. The number of carbonyl (C=O) groups excluding carboxylic acids is 1. The van der Waals surface area contributed by atoms with Crippen LogP contribution >= 0.6 is 0 Å². The Labute approximate surface area is 146 Å². The zero-order chi connectivity index (χ0) is 17.4. The number of rotatable bonds is 5. The molecule has 1 aliphatic rings. The van der Waals surface area contributed by atoms with E-state index in [0.29, 0.717) is 19.1 Å². The molecule has 0 spiro atoms. The van der Waals surface area contributed by atoms with Crippen molar-refractivity contribution in [3.63, 3.8) is 0 Å². The SMILES string of the molecule is C=CCN(CC#Cc1ccccc1)C(=O)C1CCN(C(C)C)CC1. The second-order valence-corrected chi connectivity index (χ2v) is 6.58. The predicted octanol–water partition coefficient (Wildman–Crippen LogP) is 3.17. The third-order valence-corrected chi connectivity index (χ3v) is 4.55. The first-order valence-corrected chi connectivity index (χ1v) is 8.79. The first-order chi connectivity index (χ1) is 11.6. The topological polar surface area (TPSA) is 23.6 Å². The Morgan fingerprint density at radius 3 is 2.58 bits per heavy atom. The maximum atomic E-state index is 12.8. The van der Waals surface area contributed by atoms with Gasteiger partial charge in [-0.05, 0) is 51.9 Å². The summed E-state index contributed by atoms with van der Waals surface area (Å²) in [5.41, 5.74) is 0.980. The van der Waals surface area contributed by atoms with Gasteiger partial charge >= 0.3 is 0 Å². The van der Waals surface area contributed by atoms with Crippen LogP contribution in [0.15, 0.2) is 43.0 Å². The molecule has 0 radical (unpaired) electrons. The van der Waals surface area contributed by atoms with Gasteiger partial charge in [-0.3, -0.25) is 4.79 Å². The standard InChI is InChI=1S/C21H28N2O/c1-4-14-23(15-8-11-19-9-6-5-7-10-19)21(24)20-12-16-22(17-13-20)18(2)3/h4-7,9-10,18,20H,1,12-17H2,2-3H3. The summed E-state index contributed by atoms with van der Waals surface area (Å²) in [6.07, 6.45) is 3.67. The summed E-state index contributed by atoms with van der Waals surface area (Å²) >= 11 is 0. The Morgan fingerprint density at radius 1 is 1.33 bits per heavy atom. The third-order valence-electron chi connectivity index (χ3n) is 4.55. The highest BCUT2D eigenvalue weighted by Gasteiger charge is 2.28. The van der Waals surface area contributed by atoms with Gasteiger partial charge in [-0.25, -0.2) is 0 Å². The van der Waals surface area contributed by atoms with Crippen LogP contribution in [0.1, 0.15) is 32.3 Å². The summed E-state index contributed by atoms with van der Waals surface area (Å²) in [5, 5.41) is 0. The summed E-state index contributed by atoms with van der Waals surface area (Å²) in [4.78, 5) is 17.1. The van der Waals surface area contributed by atoms with Crippen LogP contribution in [0, 0.1) is 17.8 Å². The smallest absolute Gasteiger partial charge is 0.226 e. The van der Waals surface area contributed by atoms with Gasteiger partial charge in [-0.15, -0.1) is 6.58 Å². The molecule has 1 aromatic carbocycles. The van der Waals surface area contributed by atoms with Crippen LogP contribution in [0.4, 0.5) is 0 Å². The molecule has 1 aliphatic heterocycles. The Hall–Kier alpha value is -2.05. The van der Waals surface area contributed by atoms with Crippen LogP contribution in [0.25, 0.3) is 0 Å². The summed E-state index contributed by atoms with van der Waals surface area (Å²) in [5.74, 6) is 6.60. The molecule has 0 aliphatic carbocycles. The van der Waals surface area contributed by atoms with Crippen LogP contribution in [-0.2, 0) is 4.79 Å². The van der Waals surface area contributed by atoms with E-state index in [1.54, 1.807) is 6.08 Å². The van der Waals surface area contributed by atoms with Crippen molar-refractivity contribution < 1.29 is 4.79 Å². The number of piperidine rings is 1. The normalized spacial score (nSPS) is 15.6. The molecule has 0 unspecified atom stereocenters. The largest absolute Gasteiger partial charge is 0.328 e. The Morgan fingerprint density at radius 2 is 2.00 bits per heavy atom. The van der Waals surface area contributed by atoms with Crippen molar-refractivity contribution in [2.75, 3.05) is 26.2 Å². The molecule has 0 bridgehead atoms. The minimum absolute atomic E-state index is 0.124. The van der Waals surface area contributed by atoms with Crippen molar-refractivity contribution in [2.24, 2.45) is 5.92 Å². The number of nitrogens with zero attached hydrogens (tertiary/aromatic N) is 2. The summed E-state index contributed by atoms with van der Waals surface area (Å²) in [6.45, 7) is 11.2. The van der Waals surface area contributed by atoms with Crippen molar-refractivity contribution >= 4 is 5.91 Å². The minimum atomic E-state index is 0.124. The van der Waals surface area contributed by atoms with E-state index >= 15 is 0 Å². The molecule has 0 aromatic heterocycles. The average molecular weight is 324 g/mol. The molecule has 1 fully saturated rings. The first kappa shape index (κ1) is 18.3. The van der Waals surface area contributed by atoms with E-state index in [9.17, 15) is 4.79 Å². The zero-order valence-corrected chi connectivity index (χ0v) is 14.9. The zero-order valence-electron chi connectivity index (χ0n) is 14.9. The summed E-state index contributed by atoms with van der Waals surface area (Å²) in [7, 11) is 0. The lowest BCUT2D eigenvalue weighted by Gasteiger charge is -2.35. The second kappa shape index (κ2) is 9.30. The van der Waals surface area contributed by atoms with Gasteiger partial charge in [0.2, 0.25) is 5.91 Å². The molecule has 1 saturated heterocycles. The Kier molecular flexibility index (Phi) is 7.08. The quantitative estimate of drug-likeness (QED) is 0.613. The van der Waals surface area contributed by atoms with Crippen LogP contribution < -0.4 is 0 Å². The average Bonchev–Trinajstić information content (AvgIpc) is 2.61. The van der Waals surface area contributed by atoms with Crippen LogP contribution in [-0.4, -0.2) is 47.9 Å². The number of likely N-dealkylation sites (tertiary alicyclic amines) is 1. The monoisotopic (exact) mass is 324 g/mol. The lowest BCUT2D eigenvalue weighted by Crippen LogP contribution is -2.44. The highest BCUT2D eigenvalue weighted by atomic mass is 16.2. The highest BCUT2D eigenvalue weighted by molar-refractivity contribution is 5.79. The fourth-order valence-electron chi connectivity index (χ4n) is 3.07. The molecule has 0 saturated carbocycles. The van der Waals surface area contributed by atoms with Gasteiger partial charge in [0.05, 0.1) is 6.54 Å². The maximum Gasteiger partial charge on any atom is 0.226 e. The van der Waals surface area contributed by atoms with E-state index in [1.807, 2.05) is 35.2 Å². The van der Waals surface area contributed by atoms with Gasteiger partial charge < -0.3 is 9.80 Å². The maximum absolute atomic E-state index is 12.8. The van der Waals surface area contributed by atoms with Crippen molar-refractivity contribution in [3.05, 3.63) is 48.6 Å². The van der Waals surface area contributed by atoms with E-state index < -0.39 is 0 Å². The third kappa shape index (κ3) is 5.25. The Bertz CT molecular complexity index is 589. The fourth-order valence-corrected chi connectivity index (χ4v) is 3.07. The molecule has 1 heterocycles. The van der Waals surface area contributed by atoms with Crippen molar-refractivity contribution in [1.29, 1.82) is 0 Å². The number of hydrogen-bond donors (Lipinski definition) is 0. The highest BCUT2D eigenvalue weighted by Crippen LogP contribution is 2.21. The van der Waals surface area contributed by atoms with Crippen molar-refractivity contribution in [3.8, 4) is 11.8 Å². The summed E-state index contributed by atoms with van der Waals surface area (Å²) in [6, 6.07) is 10.4. The number of amides is 1. The minimum Gasteiger partial charge on any atom is -0.328 e. The molecule has 1 amide bonds. The van der Waals surface area contributed by atoms with E-state index in [4.69, 9.17) is 0 Å². The van der Waals surface area contributed by atoms with Gasteiger partial charge in [0, 0.05) is 24.1 Å². The van der Waals surface area contributed by atoms with Crippen molar-refractivity contribution in [1.82, 2.24) is 9.80 Å². The predicted molar refractivity (Wildman–Crippen MR) is 99.5 cm³/mol. The lowest BCUT2D eigenvalue weighted by molar-refractivity contribution is -0.136. The van der Waals surface area contributed by atoms with E-state index in [0.717, 1.165) is 31.5 Å². The first-order valence-electron chi connectivity index (χ1n) is 8.79. The van der Waals surface area contributed by atoms with Crippen LogP contribution in [0.3, 0.4) is 0 Å². The van der Waals surface area contributed by atoms with E-state index in [-0.39, 0.29) is 11.8 Å². The molecule has 2 rings (SSSR count). The van der Waals surface area contributed by atoms with E-state index in [2.05, 4.69) is 37.2 Å². The fraction of sp³-hybridized carbons (Fsp3) is 0.476. The molecule has 1 aromatic rings. The van der Waals surface area contributed by atoms with Crippen LogP contribution in [0.5, 0.6) is 0 Å². The molecule has 128 valence electrons. The molecule has 24 heavy (non-hydrogen) atoms. The molecule has 0 N–H and O–H groups in total. The van der Waals surface area contributed by atoms with Gasteiger partial charge in [-0.1, -0.05) is 36.1 Å².